The van der Waals surface area contributed by atoms with E-state index in [-0.39, 0.29) is 11.8 Å². The van der Waals surface area contributed by atoms with Crippen molar-refractivity contribution in [3.05, 3.63) is 29.8 Å². The number of hydrogen-bond donors (Lipinski definition) is 1. The molecule has 5 nitrogen and oxygen atoms in total. The second kappa shape index (κ2) is 5.03. The Hall–Kier alpha value is -1.11. The first kappa shape index (κ1) is 14.0. The van der Waals surface area contributed by atoms with Crippen molar-refractivity contribution in [2.75, 3.05) is 21.1 Å². The number of hydrogen-bond acceptors (Lipinski definition) is 3. The van der Waals surface area contributed by atoms with Gasteiger partial charge in [0.2, 0.25) is 0 Å². The smallest absolute Gasteiger partial charge is 0.281 e. The third-order valence-electron chi connectivity index (χ3n) is 2.72. The summed E-state index contributed by atoms with van der Waals surface area (Å²) < 4.78 is 26.3. The van der Waals surface area contributed by atoms with Crippen molar-refractivity contribution in [3.63, 3.8) is 0 Å². The van der Waals surface area contributed by atoms with Gasteiger partial charge in [-0.05, 0) is 24.6 Å². The minimum atomic E-state index is -3.45. The maximum absolute atomic E-state index is 11.9. The van der Waals surface area contributed by atoms with Crippen LogP contribution in [0, 0.1) is 0 Å². The Morgan fingerprint density at radius 3 is 2.29 bits per heavy atom. The van der Waals surface area contributed by atoms with Gasteiger partial charge in [-0.15, -0.1) is 0 Å². The number of nitrogens with zero attached hydrogens (tertiary/aromatic N) is 2. The minimum absolute atomic E-state index is 0.130. The Morgan fingerprint density at radius 1 is 1.24 bits per heavy atom. The molecule has 0 aliphatic rings. The molecule has 1 unspecified atom stereocenters. The summed E-state index contributed by atoms with van der Waals surface area (Å²) in [6.45, 7) is 1.77. The molecule has 0 aliphatic carbocycles. The van der Waals surface area contributed by atoms with E-state index in [0.717, 1.165) is 9.87 Å². The van der Waals surface area contributed by atoms with Gasteiger partial charge in [-0.1, -0.05) is 12.1 Å². The van der Waals surface area contributed by atoms with Gasteiger partial charge in [0.05, 0.1) is 0 Å². The third-order valence-corrected chi connectivity index (χ3v) is 4.69. The van der Waals surface area contributed by atoms with Gasteiger partial charge in [0.1, 0.15) is 5.75 Å². The fraction of sp³-hybridized carbons (Fsp3) is 0.455. The van der Waals surface area contributed by atoms with Crippen LogP contribution in [0.2, 0.25) is 0 Å². The van der Waals surface area contributed by atoms with Crippen LogP contribution < -0.4 is 0 Å². The Labute approximate surface area is 102 Å². The van der Waals surface area contributed by atoms with Gasteiger partial charge < -0.3 is 5.11 Å². The van der Waals surface area contributed by atoms with E-state index in [1.165, 1.54) is 25.4 Å². The highest BCUT2D eigenvalue weighted by molar-refractivity contribution is 7.86. The van der Waals surface area contributed by atoms with Crippen LogP contribution in [0.15, 0.2) is 24.3 Å². The Bertz CT molecular complexity index is 485. The SMILES string of the molecule is CC(c1cccc(O)c1)N(C)S(=O)(=O)N(C)C. The van der Waals surface area contributed by atoms with Crippen LogP contribution in [0.25, 0.3) is 0 Å². The van der Waals surface area contributed by atoms with Crippen LogP contribution in [-0.4, -0.2) is 43.3 Å². The highest BCUT2D eigenvalue weighted by atomic mass is 32.2. The normalized spacial score (nSPS) is 14.2. The predicted octanol–water partition coefficient (Wildman–Crippen LogP) is 1.19. The zero-order valence-electron chi connectivity index (χ0n) is 10.5. The quantitative estimate of drug-likeness (QED) is 0.882. The summed E-state index contributed by atoms with van der Waals surface area (Å²) in [5, 5.41) is 9.38. The van der Waals surface area contributed by atoms with Crippen molar-refractivity contribution in [1.29, 1.82) is 0 Å². The lowest BCUT2D eigenvalue weighted by atomic mass is 10.1. The average Bonchev–Trinajstić information content (AvgIpc) is 2.26. The van der Waals surface area contributed by atoms with Gasteiger partial charge in [0.15, 0.2) is 0 Å². The van der Waals surface area contributed by atoms with Gasteiger partial charge in [-0.25, -0.2) is 0 Å². The highest BCUT2D eigenvalue weighted by Gasteiger charge is 2.26. The van der Waals surface area contributed by atoms with Crippen LogP contribution in [0.5, 0.6) is 5.75 Å². The Balaban J connectivity index is 3.02. The topological polar surface area (TPSA) is 60.9 Å². The monoisotopic (exact) mass is 258 g/mol. The number of rotatable bonds is 4. The van der Waals surface area contributed by atoms with Crippen LogP contribution in [0.4, 0.5) is 0 Å². The predicted molar refractivity (Wildman–Crippen MR) is 66.9 cm³/mol. The molecule has 0 saturated carbocycles. The molecule has 0 spiro atoms. The first-order valence-corrected chi connectivity index (χ1v) is 6.61. The van der Waals surface area contributed by atoms with E-state index in [0.29, 0.717) is 0 Å². The van der Waals surface area contributed by atoms with Crippen molar-refractivity contribution in [2.45, 2.75) is 13.0 Å². The minimum Gasteiger partial charge on any atom is -0.508 e. The van der Waals surface area contributed by atoms with E-state index in [2.05, 4.69) is 0 Å². The van der Waals surface area contributed by atoms with E-state index < -0.39 is 10.2 Å². The first-order valence-electron chi connectivity index (χ1n) is 5.21. The molecule has 0 aromatic heterocycles. The lowest BCUT2D eigenvalue weighted by Crippen LogP contribution is -2.38. The van der Waals surface area contributed by atoms with E-state index in [4.69, 9.17) is 0 Å². The molecule has 1 aromatic carbocycles. The number of aromatic hydroxyl groups is 1. The fourth-order valence-corrected chi connectivity index (χ4v) is 2.49. The summed E-state index contributed by atoms with van der Waals surface area (Å²) in [7, 11) is 1.04. The summed E-state index contributed by atoms with van der Waals surface area (Å²) in [6.07, 6.45) is 0. The molecule has 1 atom stereocenters. The molecule has 0 radical (unpaired) electrons. The van der Waals surface area contributed by atoms with Crippen molar-refractivity contribution in [2.24, 2.45) is 0 Å². The van der Waals surface area contributed by atoms with Gasteiger partial charge >= 0.3 is 0 Å². The zero-order valence-corrected chi connectivity index (χ0v) is 11.3. The summed E-state index contributed by atoms with van der Waals surface area (Å²) >= 11 is 0. The largest absolute Gasteiger partial charge is 0.508 e. The lowest BCUT2D eigenvalue weighted by molar-refractivity contribution is 0.363. The van der Waals surface area contributed by atoms with Gasteiger partial charge in [-0.3, -0.25) is 0 Å². The summed E-state index contributed by atoms with van der Waals surface area (Å²) in [5.41, 5.74) is 0.748. The summed E-state index contributed by atoms with van der Waals surface area (Å²) in [4.78, 5) is 0. The highest BCUT2D eigenvalue weighted by Crippen LogP contribution is 2.24. The molecular weight excluding hydrogens is 240 g/mol. The third kappa shape index (κ3) is 2.96. The molecular formula is C11H18N2O3S. The second-order valence-corrected chi connectivity index (χ2v) is 6.28. The second-order valence-electron chi connectivity index (χ2n) is 4.08. The molecule has 0 fully saturated rings. The lowest BCUT2D eigenvalue weighted by Gasteiger charge is -2.27. The summed E-state index contributed by atoms with van der Waals surface area (Å²) in [5.74, 6) is 0.130. The van der Waals surface area contributed by atoms with Gasteiger partial charge in [0, 0.05) is 27.2 Å². The molecule has 0 aliphatic heterocycles. The van der Waals surface area contributed by atoms with E-state index in [1.807, 2.05) is 0 Å². The van der Waals surface area contributed by atoms with Crippen molar-refractivity contribution in [1.82, 2.24) is 8.61 Å². The number of phenols is 1. The molecule has 17 heavy (non-hydrogen) atoms. The van der Waals surface area contributed by atoms with Crippen LogP contribution in [-0.2, 0) is 10.2 Å². The molecule has 1 rings (SSSR count). The van der Waals surface area contributed by atoms with Crippen molar-refractivity contribution in [3.8, 4) is 5.75 Å². The molecule has 6 heteroatoms. The van der Waals surface area contributed by atoms with Crippen LogP contribution >= 0.6 is 0 Å². The Kier molecular flexibility index (Phi) is 4.13. The van der Waals surface area contributed by atoms with Crippen molar-refractivity contribution >= 4 is 10.2 Å². The standard InChI is InChI=1S/C11H18N2O3S/c1-9(10-6-5-7-11(14)8-10)13(4)17(15,16)12(2)3/h5-9,14H,1-4H3. The van der Waals surface area contributed by atoms with E-state index in [9.17, 15) is 13.5 Å². The summed E-state index contributed by atoms with van der Waals surface area (Å²) in [6, 6.07) is 6.25. The zero-order chi connectivity index (χ0) is 13.2. The number of benzene rings is 1. The van der Waals surface area contributed by atoms with Crippen LogP contribution in [0.3, 0.4) is 0 Å². The fourth-order valence-electron chi connectivity index (χ4n) is 1.45. The maximum atomic E-state index is 11.9. The Morgan fingerprint density at radius 2 is 1.82 bits per heavy atom. The molecule has 0 saturated heterocycles. The van der Waals surface area contributed by atoms with E-state index in [1.54, 1.807) is 31.2 Å². The molecule has 1 aromatic rings. The molecule has 0 heterocycles. The number of phenolic OH excluding ortho intramolecular Hbond substituents is 1. The first-order chi connectivity index (χ1) is 7.76. The van der Waals surface area contributed by atoms with Gasteiger partial charge in [-0.2, -0.15) is 17.0 Å². The molecule has 96 valence electrons. The maximum Gasteiger partial charge on any atom is 0.281 e. The molecule has 0 amide bonds. The average molecular weight is 258 g/mol. The van der Waals surface area contributed by atoms with Crippen LogP contribution in [0.1, 0.15) is 18.5 Å². The molecule has 1 N–H and O–H groups in total. The van der Waals surface area contributed by atoms with E-state index >= 15 is 0 Å². The van der Waals surface area contributed by atoms with Gasteiger partial charge in [0.25, 0.3) is 10.2 Å². The molecule has 0 bridgehead atoms. The van der Waals surface area contributed by atoms with Crippen molar-refractivity contribution < 1.29 is 13.5 Å².